The fraction of sp³-hybridized carbons (Fsp3) is 0.333. The molecular weight excluding hydrogens is 351 g/mol. The van der Waals surface area contributed by atoms with Crippen molar-refractivity contribution in [1.82, 2.24) is 0 Å². The van der Waals surface area contributed by atoms with Crippen LogP contribution in [0.15, 0.2) is 14.8 Å². The van der Waals surface area contributed by atoms with Crippen LogP contribution in [-0.2, 0) is 16.1 Å². The van der Waals surface area contributed by atoms with Gasteiger partial charge in [0, 0.05) is 0 Å². The Hall–Kier alpha value is -1.02. The minimum atomic E-state index is -0.784. The first kappa shape index (κ1) is 14.9. The van der Waals surface area contributed by atoms with Crippen LogP contribution in [0, 0.1) is 5.41 Å². The van der Waals surface area contributed by atoms with Crippen LogP contribution in [0.3, 0.4) is 0 Å². The third-order valence-electron chi connectivity index (χ3n) is 3.80. The second-order valence-electron chi connectivity index (χ2n) is 4.93. The van der Waals surface area contributed by atoms with Crippen LogP contribution >= 0.6 is 35.4 Å². The van der Waals surface area contributed by atoms with E-state index in [0.717, 1.165) is 17.8 Å². The first-order chi connectivity index (χ1) is 9.95. The molecule has 1 aromatic carbocycles. The molecule has 0 spiro atoms. The highest BCUT2D eigenvalue weighted by atomic mass is 35.5. The zero-order valence-corrected chi connectivity index (χ0v) is 13.8. The van der Waals surface area contributed by atoms with Crippen LogP contribution in [-0.4, -0.2) is 10.9 Å². The van der Waals surface area contributed by atoms with Crippen molar-refractivity contribution >= 4 is 74.7 Å². The second kappa shape index (κ2) is 5.31. The molecule has 1 fully saturated rings. The van der Waals surface area contributed by atoms with Gasteiger partial charge in [-0.3, -0.25) is 4.79 Å². The Morgan fingerprint density at radius 3 is 2.57 bits per heavy atom. The number of benzene rings is 1. The lowest BCUT2D eigenvalue weighted by atomic mass is 9.68. The van der Waals surface area contributed by atoms with Crippen molar-refractivity contribution in [3.63, 3.8) is 0 Å². The summed E-state index contributed by atoms with van der Waals surface area (Å²) >= 11 is 18.3. The fourth-order valence-corrected chi connectivity index (χ4v) is 3.80. The number of halogens is 2. The highest BCUT2D eigenvalue weighted by Crippen LogP contribution is 2.49. The number of fused-ring (bicyclic) bond motifs is 1. The fourth-order valence-electron chi connectivity index (χ4n) is 2.34. The molecule has 3 rings (SSSR count). The maximum atomic E-state index is 12.5. The number of hydrogen-bond donors (Lipinski definition) is 2. The van der Waals surface area contributed by atoms with Crippen LogP contribution < -0.4 is 11.1 Å². The number of nitrogens with zero attached hydrogens (tertiary/aromatic N) is 2. The number of thiocarbonyl (C=S) groups is 1. The number of rotatable bonds is 3. The summed E-state index contributed by atoms with van der Waals surface area (Å²) in [7, 11) is 0. The zero-order chi connectivity index (χ0) is 15.2. The molecule has 21 heavy (non-hydrogen) atoms. The summed E-state index contributed by atoms with van der Waals surface area (Å²) < 4.78 is 8.24. The second-order valence-corrected chi connectivity index (χ2v) is 6.71. The third-order valence-corrected chi connectivity index (χ3v) is 5.30. The van der Waals surface area contributed by atoms with Gasteiger partial charge in [-0.2, -0.15) is 8.73 Å². The number of carbonyl (C=O) groups excluding carboxylic acids is 1. The van der Waals surface area contributed by atoms with Crippen LogP contribution in [0.4, 0.5) is 17.1 Å². The van der Waals surface area contributed by atoms with Crippen LogP contribution in [0.5, 0.6) is 0 Å². The number of nitrogens with one attached hydrogen (secondary N) is 1. The molecule has 1 aromatic rings. The smallest absolute Gasteiger partial charge is 0.237 e. The van der Waals surface area contributed by atoms with Gasteiger partial charge in [0.2, 0.25) is 5.91 Å². The van der Waals surface area contributed by atoms with Gasteiger partial charge in [0.15, 0.2) is 0 Å². The third kappa shape index (κ3) is 2.28. The largest absolute Gasteiger partial charge is 0.392 e. The standard InChI is InChI=1S/C12H10Cl2N4OS2/c13-5-4-6(14)8-9(18-21-17-8)7(5)16-11(19)12(10(15)20)2-1-3-12/h4H,1-3H2,(H2,15,20)(H,16,19). The Labute approximate surface area is 140 Å². The molecule has 1 aliphatic heterocycles. The van der Waals surface area contributed by atoms with Crippen LogP contribution in [0.25, 0.3) is 0 Å². The lowest BCUT2D eigenvalue weighted by Gasteiger charge is -2.39. The van der Waals surface area contributed by atoms with Crippen LogP contribution in [0.1, 0.15) is 19.3 Å². The highest BCUT2D eigenvalue weighted by Gasteiger charge is 2.47. The topological polar surface area (TPSA) is 79.8 Å². The molecule has 9 heteroatoms. The Morgan fingerprint density at radius 2 is 2.00 bits per heavy atom. The van der Waals surface area contributed by atoms with Crippen molar-refractivity contribution in [1.29, 1.82) is 0 Å². The molecule has 5 nitrogen and oxygen atoms in total. The number of amides is 1. The van der Waals surface area contributed by atoms with E-state index in [-0.39, 0.29) is 10.9 Å². The van der Waals surface area contributed by atoms with Crippen molar-refractivity contribution in [2.24, 2.45) is 19.9 Å². The van der Waals surface area contributed by atoms with Crippen molar-refractivity contribution in [3.8, 4) is 0 Å². The molecule has 1 amide bonds. The minimum Gasteiger partial charge on any atom is -0.392 e. The molecule has 0 atom stereocenters. The molecule has 1 aliphatic carbocycles. The summed E-state index contributed by atoms with van der Waals surface area (Å²) in [6.07, 6.45) is 2.22. The van der Waals surface area contributed by atoms with Crippen molar-refractivity contribution in [3.05, 3.63) is 16.1 Å². The molecule has 0 radical (unpaired) electrons. The molecular formula is C12H10Cl2N4OS2. The molecule has 0 bridgehead atoms. The Morgan fingerprint density at radius 1 is 1.33 bits per heavy atom. The normalized spacial score (nSPS) is 17.6. The molecule has 0 aromatic heterocycles. The SMILES string of the molecule is NC(=S)C1(C(=O)Nc2c(Cl)cc(Cl)c3c2N=S=N3)CCC1. The molecule has 110 valence electrons. The van der Waals surface area contributed by atoms with E-state index in [1.54, 1.807) is 0 Å². The van der Waals surface area contributed by atoms with Gasteiger partial charge in [0.25, 0.3) is 0 Å². The average molecular weight is 361 g/mol. The molecule has 0 saturated heterocycles. The van der Waals surface area contributed by atoms with E-state index in [4.69, 9.17) is 41.2 Å². The summed E-state index contributed by atoms with van der Waals surface area (Å²) in [5.41, 5.74) is 6.34. The van der Waals surface area contributed by atoms with Crippen molar-refractivity contribution < 1.29 is 4.79 Å². The average Bonchev–Trinajstić information content (AvgIpc) is 2.81. The van der Waals surface area contributed by atoms with Gasteiger partial charge in [-0.1, -0.05) is 41.8 Å². The lowest BCUT2D eigenvalue weighted by molar-refractivity contribution is -0.125. The van der Waals surface area contributed by atoms with Gasteiger partial charge < -0.3 is 11.1 Å². The van der Waals surface area contributed by atoms with Crippen LogP contribution in [0.2, 0.25) is 10.0 Å². The molecule has 1 heterocycles. The van der Waals surface area contributed by atoms with Crippen molar-refractivity contribution in [2.75, 3.05) is 5.32 Å². The summed E-state index contributed by atoms with van der Waals surface area (Å²) in [5, 5.41) is 3.51. The number of hydrogen-bond acceptors (Lipinski definition) is 4. The quantitative estimate of drug-likeness (QED) is 0.808. The number of carbonyl (C=O) groups is 1. The zero-order valence-electron chi connectivity index (χ0n) is 10.7. The molecule has 3 N–H and O–H groups in total. The number of anilines is 1. The Kier molecular flexibility index (Phi) is 3.77. The first-order valence-electron chi connectivity index (χ1n) is 6.17. The minimum absolute atomic E-state index is 0.212. The van der Waals surface area contributed by atoms with E-state index in [2.05, 4.69) is 14.0 Å². The van der Waals surface area contributed by atoms with Gasteiger partial charge in [-0.05, 0) is 18.9 Å². The maximum absolute atomic E-state index is 12.5. The van der Waals surface area contributed by atoms with Gasteiger partial charge in [-0.15, -0.1) is 0 Å². The summed E-state index contributed by atoms with van der Waals surface area (Å²) in [5.74, 6) is -0.250. The highest BCUT2D eigenvalue weighted by molar-refractivity contribution is 7.80. The van der Waals surface area contributed by atoms with Gasteiger partial charge in [-0.25, -0.2) is 0 Å². The molecule has 2 aliphatic rings. The predicted molar refractivity (Wildman–Crippen MR) is 89.7 cm³/mol. The lowest BCUT2D eigenvalue weighted by Crippen LogP contribution is -2.50. The van der Waals surface area contributed by atoms with Gasteiger partial charge >= 0.3 is 0 Å². The predicted octanol–water partition coefficient (Wildman–Crippen LogP) is 4.11. The van der Waals surface area contributed by atoms with Gasteiger partial charge in [0.05, 0.1) is 37.5 Å². The van der Waals surface area contributed by atoms with E-state index < -0.39 is 5.41 Å². The van der Waals surface area contributed by atoms with E-state index in [0.29, 0.717) is 39.9 Å². The Balaban J connectivity index is 1.97. The molecule has 0 unspecified atom stereocenters. The summed E-state index contributed by atoms with van der Waals surface area (Å²) in [6.45, 7) is 0. The molecule has 1 saturated carbocycles. The summed E-state index contributed by atoms with van der Waals surface area (Å²) in [6, 6.07) is 1.54. The van der Waals surface area contributed by atoms with E-state index >= 15 is 0 Å². The Bertz CT molecular complexity index is 739. The monoisotopic (exact) mass is 360 g/mol. The van der Waals surface area contributed by atoms with Crippen molar-refractivity contribution in [2.45, 2.75) is 19.3 Å². The van der Waals surface area contributed by atoms with E-state index in [9.17, 15) is 4.79 Å². The van der Waals surface area contributed by atoms with Gasteiger partial charge in [0.1, 0.15) is 11.4 Å². The van der Waals surface area contributed by atoms with E-state index in [1.165, 1.54) is 6.07 Å². The first-order valence-corrected chi connectivity index (χ1v) is 8.07. The maximum Gasteiger partial charge on any atom is 0.237 e. The number of nitrogens with two attached hydrogens (primary N) is 1. The van der Waals surface area contributed by atoms with E-state index in [1.807, 2.05) is 0 Å². The summed E-state index contributed by atoms with van der Waals surface area (Å²) in [4.78, 5) is 12.8.